The van der Waals surface area contributed by atoms with Gasteiger partial charge >= 0.3 is 0 Å². The maximum Gasteiger partial charge on any atom is 0.216 e. The number of phenols is 1. The largest absolute Gasteiger partial charge is 0.748 e. The van der Waals surface area contributed by atoms with Crippen molar-refractivity contribution in [3.05, 3.63) is 29.8 Å². The van der Waals surface area contributed by atoms with Crippen LogP contribution in [0.3, 0.4) is 0 Å². The van der Waals surface area contributed by atoms with Gasteiger partial charge in [0.25, 0.3) is 0 Å². The Hall–Kier alpha value is -1.66. The predicted octanol–water partition coefficient (Wildman–Crippen LogP) is 1.07. The normalized spacial score (nSPS) is 16.8. The molecule has 1 heterocycles. The van der Waals surface area contributed by atoms with Gasteiger partial charge in [-0.1, -0.05) is 6.07 Å². The van der Waals surface area contributed by atoms with Crippen LogP contribution in [0, 0.1) is 0 Å². The average molecular weight is 267 g/mol. The molecule has 0 atom stereocenters. The fourth-order valence-corrected chi connectivity index (χ4v) is 2.26. The van der Waals surface area contributed by atoms with E-state index in [1.165, 1.54) is 0 Å². The third-order valence-corrected chi connectivity index (χ3v) is 3.41. The van der Waals surface area contributed by atoms with Crippen LogP contribution in [0.1, 0.15) is 12.0 Å². The number of hydrogen-bond acceptors (Lipinski definition) is 4. The third-order valence-electron chi connectivity index (χ3n) is 2.67. The summed E-state index contributed by atoms with van der Waals surface area (Å²) in [4.78, 5) is 0. The maximum absolute atomic E-state index is 10.5. The molecular weight excluding hydrogens is 254 g/mol. The first-order chi connectivity index (χ1) is 8.47. The van der Waals surface area contributed by atoms with E-state index in [9.17, 15) is 18.1 Å². The van der Waals surface area contributed by atoms with Crippen molar-refractivity contribution in [2.75, 3.05) is 12.3 Å². The number of fused-ring (bicyclic) bond motifs is 1. The Morgan fingerprint density at radius 1 is 1.44 bits per heavy atom. The summed E-state index contributed by atoms with van der Waals surface area (Å²) in [7, 11) is -4.19. The van der Waals surface area contributed by atoms with Gasteiger partial charge in [-0.3, -0.25) is 0 Å². The highest BCUT2D eigenvalue weighted by Crippen LogP contribution is 2.31. The highest BCUT2D eigenvalue weighted by Gasteiger charge is 2.18. The standard InChI is InChI=1S/C12H13NO4S/c14-12-6-1-5-11-10(12)4-2-7-13(11)8-3-9-18(15,16)17/h1-2,4-6,8H,3,7,9H2,(H-,14,15,16,17). The van der Waals surface area contributed by atoms with E-state index >= 15 is 0 Å². The molecule has 2 rings (SSSR count). The summed E-state index contributed by atoms with van der Waals surface area (Å²) in [5.74, 6) is -0.236. The average Bonchev–Trinajstić information content (AvgIpc) is 2.29. The summed E-state index contributed by atoms with van der Waals surface area (Å²) in [5, 5.41) is 9.69. The molecule has 0 aromatic heterocycles. The topological polar surface area (TPSA) is 80.4 Å². The van der Waals surface area contributed by atoms with E-state index < -0.39 is 15.9 Å². The smallest absolute Gasteiger partial charge is 0.216 e. The second-order valence-corrected chi connectivity index (χ2v) is 5.52. The Labute approximate surface area is 105 Å². The lowest BCUT2D eigenvalue weighted by Gasteiger charge is -2.10. The van der Waals surface area contributed by atoms with Crippen LogP contribution in [0.25, 0.3) is 6.08 Å². The molecule has 6 heteroatoms. The van der Waals surface area contributed by atoms with Crippen molar-refractivity contribution < 1.29 is 22.7 Å². The summed E-state index contributed by atoms with van der Waals surface area (Å²) in [6.45, 7) is 0.593. The van der Waals surface area contributed by atoms with Gasteiger partial charge in [-0.05, 0) is 18.2 Å². The lowest BCUT2D eigenvalue weighted by atomic mass is 10.1. The minimum atomic E-state index is -4.19. The van der Waals surface area contributed by atoms with Crippen molar-refractivity contribution in [1.82, 2.24) is 0 Å². The van der Waals surface area contributed by atoms with Gasteiger partial charge in [-0.2, -0.15) is 4.58 Å². The fraction of sp³-hybridized carbons (Fsp3) is 0.250. The Morgan fingerprint density at radius 2 is 2.22 bits per heavy atom. The molecule has 96 valence electrons. The fourth-order valence-electron chi connectivity index (χ4n) is 1.87. The molecule has 0 radical (unpaired) electrons. The Kier molecular flexibility index (Phi) is 3.49. The molecule has 5 nitrogen and oxygen atoms in total. The molecule has 1 aliphatic heterocycles. The number of benzene rings is 1. The second kappa shape index (κ2) is 4.91. The Morgan fingerprint density at radius 3 is 2.94 bits per heavy atom. The molecule has 0 bridgehead atoms. The minimum Gasteiger partial charge on any atom is -0.748 e. The number of rotatable bonds is 3. The Bertz CT molecular complexity index is 617. The highest BCUT2D eigenvalue weighted by atomic mass is 32.2. The first-order valence-electron chi connectivity index (χ1n) is 5.49. The van der Waals surface area contributed by atoms with Crippen molar-refractivity contribution in [1.29, 1.82) is 0 Å². The zero-order valence-electron chi connectivity index (χ0n) is 9.61. The van der Waals surface area contributed by atoms with E-state index in [-0.39, 0.29) is 12.2 Å². The monoisotopic (exact) mass is 267 g/mol. The maximum atomic E-state index is 10.5. The van der Waals surface area contributed by atoms with Crippen molar-refractivity contribution >= 4 is 28.1 Å². The third kappa shape index (κ3) is 2.96. The number of hydrogen-bond donors (Lipinski definition) is 1. The molecule has 0 unspecified atom stereocenters. The molecule has 1 N–H and O–H groups in total. The van der Waals surface area contributed by atoms with E-state index in [1.54, 1.807) is 18.3 Å². The van der Waals surface area contributed by atoms with Crippen LogP contribution in [0.5, 0.6) is 5.75 Å². The van der Waals surface area contributed by atoms with Crippen LogP contribution in [-0.4, -0.2) is 41.2 Å². The highest BCUT2D eigenvalue weighted by molar-refractivity contribution is 7.85. The van der Waals surface area contributed by atoms with Crippen LogP contribution in [0.4, 0.5) is 5.69 Å². The van der Waals surface area contributed by atoms with Crippen LogP contribution in [0.2, 0.25) is 0 Å². The van der Waals surface area contributed by atoms with E-state index in [2.05, 4.69) is 0 Å². The van der Waals surface area contributed by atoms with Gasteiger partial charge in [-0.25, -0.2) is 8.42 Å². The molecule has 0 saturated carbocycles. The van der Waals surface area contributed by atoms with Gasteiger partial charge < -0.3 is 9.66 Å². The molecule has 0 fully saturated rings. The first kappa shape index (κ1) is 12.8. The molecule has 0 amide bonds. The summed E-state index contributed by atoms with van der Waals surface area (Å²) < 4.78 is 33.4. The predicted molar refractivity (Wildman–Crippen MR) is 67.2 cm³/mol. The minimum absolute atomic E-state index is 0.161. The summed E-state index contributed by atoms with van der Waals surface area (Å²) in [6, 6.07) is 5.15. The molecule has 18 heavy (non-hydrogen) atoms. The van der Waals surface area contributed by atoms with Gasteiger partial charge in [0.2, 0.25) is 5.69 Å². The lowest BCUT2D eigenvalue weighted by molar-refractivity contribution is -0.425. The molecule has 0 spiro atoms. The van der Waals surface area contributed by atoms with Gasteiger partial charge in [0.05, 0.1) is 15.7 Å². The van der Waals surface area contributed by atoms with Crippen molar-refractivity contribution in [3.63, 3.8) is 0 Å². The number of phenolic OH excluding ortho intramolecular Hbond substituents is 1. The van der Waals surface area contributed by atoms with Crippen LogP contribution in [0.15, 0.2) is 24.3 Å². The summed E-state index contributed by atoms with van der Waals surface area (Å²) >= 11 is 0. The van der Waals surface area contributed by atoms with Gasteiger partial charge in [0, 0.05) is 18.2 Å². The number of aromatic hydroxyl groups is 1. The summed E-state index contributed by atoms with van der Waals surface area (Å²) in [6.07, 6.45) is 5.51. The summed E-state index contributed by atoms with van der Waals surface area (Å²) in [5.41, 5.74) is 1.51. The van der Waals surface area contributed by atoms with Crippen LogP contribution < -0.4 is 0 Å². The zero-order chi connectivity index (χ0) is 13.2. The van der Waals surface area contributed by atoms with Crippen LogP contribution in [-0.2, 0) is 10.1 Å². The van der Waals surface area contributed by atoms with E-state index in [4.69, 9.17) is 0 Å². The quantitative estimate of drug-likeness (QED) is 0.656. The van der Waals surface area contributed by atoms with Crippen molar-refractivity contribution in [2.24, 2.45) is 0 Å². The molecular formula is C12H13NO4S. The van der Waals surface area contributed by atoms with Gasteiger partial charge in [0.15, 0.2) is 6.54 Å². The Balaban J connectivity index is 2.25. The second-order valence-electron chi connectivity index (χ2n) is 4.00. The van der Waals surface area contributed by atoms with Crippen molar-refractivity contribution in [2.45, 2.75) is 6.42 Å². The molecule has 1 aromatic rings. The molecule has 1 aliphatic rings. The van der Waals surface area contributed by atoms with Crippen LogP contribution >= 0.6 is 0 Å². The zero-order valence-corrected chi connectivity index (χ0v) is 10.4. The number of nitrogens with zero attached hydrogens (tertiary/aromatic N) is 1. The van der Waals surface area contributed by atoms with Crippen molar-refractivity contribution in [3.8, 4) is 5.75 Å². The van der Waals surface area contributed by atoms with E-state index in [0.717, 1.165) is 5.69 Å². The first-order valence-corrected chi connectivity index (χ1v) is 7.07. The van der Waals surface area contributed by atoms with E-state index in [0.29, 0.717) is 12.1 Å². The lowest BCUT2D eigenvalue weighted by Crippen LogP contribution is -2.14. The molecule has 0 saturated heterocycles. The molecule has 0 aliphatic carbocycles. The molecule has 1 aromatic carbocycles. The van der Waals surface area contributed by atoms with E-state index in [1.807, 2.05) is 22.8 Å². The van der Waals surface area contributed by atoms with Gasteiger partial charge in [0.1, 0.15) is 12.0 Å². The van der Waals surface area contributed by atoms with Gasteiger partial charge in [-0.15, -0.1) is 0 Å². The SMILES string of the molecule is O=S(=O)([O-])CCC=[N+]1CC=Cc2c(O)cccc21.